The van der Waals surface area contributed by atoms with Crippen LogP contribution in [0.5, 0.6) is 0 Å². The van der Waals surface area contributed by atoms with Crippen LogP contribution in [0.2, 0.25) is 0 Å². The molecule has 0 amide bonds. The Bertz CT molecular complexity index is 716. The second-order valence-electron chi connectivity index (χ2n) is 10.5. The summed E-state index contributed by atoms with van der Waals surface area (Å²) in [7, 11) is 1.40. The Balaban J connectivity index is 1.50. The number of methoxy groups -OCH3 is 1. The Kier molecular flexibility index (Phi) is 13.8. The summed E-state index contributed by atoms with van der Waals surface area (Å²) in [4.78, 5) is 0. The predicted octanol–water partition coefficient (Wildman–Crippen LogP) is -4.61. The van der Waals surface area contributed by atoms with Gasteiger partial charge in [0.15, 0.2) is 0 Å². The van der Waals surface area contributed by atoms with Crippen molar-refractivity contribution >= 4 is 0 Å². The molecule has 6 unspecified atom stereocenters. The van der Waals surface area contributed by atoms with E-state index in [1.54, 1.807) is 6.92 Å². The van der Waals surface area contributed by atoms with Gasteiger partial charge in [-0.25, -0.2) is 0 Å². The topological polar surface area (TPSA) is 226 Å². The smallest absolute Gasteiger partial charge is 0.111 e. The maximum absolute atomic E-state index is 10.8. The second kappa shape index (κ2) is 16.3. The molecule has 3 aliphatic heterocycles. The Morgan fingerprint density at radius 2 is 1.10 bits per heavy atom. The average molecular weight is 587 g/mol. The van der Waals surface area contributed by atoms with Gasteiger partial charge in [-0.2, -0.15) is 0 Å². The molecule has 0 aromatic heterocycles. The molecule has 3 heterocycles. The van der Waals surface area contributed by atoms with E-state index in [4.69, 9.17) is 33.2 Å². The van der Waals surface area contributed by atoms with Crippen LogP contribution >= 0.6 is 0 Å². The molecule has 40 heavy (non-hydrogen) atoms. The molecule has 0 saturated carbocycles. The van der Waals surface area contributed by atoms with E-state index in [-0.39, 0.29) is 46.2 Å². The summed E-state index contributed by atoms with van der Waals surface area (Å²) in [6, 6.07) is 0. The number of hydrogen-bond donors (Lipinski definition) is 8. The van der Waals surface area contributed by atoms with Gasteiger partial charge in [-0.15, -0.1) is 0 Å². The van der Waals surface area contributed by atoms with Gasteiger partial charge in [0.2, 0.25) is 0 Å². The molecule has 15 heteroatoms. The Hall–Kier alpha value is -0.600. The van der Waals surface area contributed by atoms with Crippen molar-refractivity contribution in [1.82, 2.24) is 0 Å². The van der Waals surface area contributed by atoms with Crippen molar-refractivity contribution < 1.29 is 74.0 Å². The van der Waals surface area contributed by atoms with E-state index >= 15 is 0 Å². The monoisotopic (exact) mass is 586 g/mol. The van der Waals surface area contributed by atoms with Gasteiger partial charge >= 0.3 is 0 Å². The fourth-order valence-electron chi connectivity index (χ4n) is 5.42. The second-order valence-corrected chi connectivity index (χ2v) is 10.5. The largest absolute Gasteiger partial charge is 0.394 e. The zero-order valence-corrected chi connectivity index (χ0v) is 22.9. The first kappa shape index (κ1) is 33.9. The fourth-order valence-corrected chi connectivity index (χ4v) is 5.42. The lowest BCUT2D eigenvalue weighted by atomic mass is 9.87. The molecule has 3 fully saturated rings. The van der Waals surface area contributed by atoms with E-state index in [2.05, 4.69) is 0 Å². The minimum atomic E-state index is -1.47. The Morgan fingerprint density at radius 3 is 1.62 bits per heavy atom. The lowest BCUT2D eigenvalue weighted by Crippen LogP contribution is -2.60. The zero-order valence-electron chi connectivity index (χ0n) is 22.9. The lowest BCUT2D eigenvalue weighted by Gasteiger charge is -2.43. The van der Waals surface area contributed by atoms with Crippen molar-refractivity contribution in [3.63, 3.8) is 0 Å². The normalized spacial score (nSPS) is 44.5. The molecule has 0 aromatic carbocycles. The van der Waals surface area contributed by atoms with E-state index in [9.17, 15) is 40.9 Å². The van der Waals surface area contributed by atoms with Crippen molar-refractivity contribution in [3.05, 3.63) is 0 Å². The molecular weight excluding hydrogens is 540 g/mol. The molecule has 0 aromatic rings. The first-order chi connectivity index (χ1) is 19.2. The third-order valence-corrected chi connectivity index (χ3v) is 7.84. The SMILES string of the molecule is CCOC1COC(CO)[C@@H](COC[C@H]2OC(CO)[C@@H](COC[C@H]3OC(COC)[C@@H](O)[C@@H](O)C3O)[C@@H](O)C2O)[C@H]1O. The van der Waals surface area contributed by atoms with Gasteiger partial charge in [0.1, 0.15) is 48.8 Å². The van der Waals surface area contributed by atoms with Crippen LogP contribution in [0, 0.1) is 11.8 Å². The highest BCUT2D eigenvalue weighted by Crippen LogP contribution is 2.29. The van der Waals surface area contributed by atoms with Gasteiger partial charge in [0.25, 0.3) is 0 Å². The molecule has 0 radical (unpaired) electrons. The first-order valence-corrected chi connectivity index (χ1v) is 13.7. The molecule has 8 N–H and O–H groups in total. The molecule has 3 rings (SSSR count). The molecule has 0 spiro atoms. The summed E-state index contributed by atoms with van der Waals surface area (Å²) in [5.74, 6) is -1.45. The zero-order chi connectivity index (χ0) is 29.4. The Labute approximate surface area is 233 Å². The van der Waals surface area contributed by atoms with Crippen LogP contribution in [-0.4, -0.2) is 181 Å². The Morgan fingerprint density at radius 1 is 0.600 bits per heavy atom. The number of ether oxygens (including phenoxy) is 7. The van der Waals surface area contributed by atoms with Crippen LogP contribution in [0.15, 0.2) is 0 Å². The van der Waals surface area contributed by atoms with Gasteiger partial charge in [0.05, 0.1) is 77.3 Å². The molecule has 14 atom stereocenters. The van der Waals surface area contributed by atoms with E-state index in [1.807, 2.05) is 0 Å². The van der Waals surface area contributed by atoms with Gasteiger partial charge in [0, 0.05) is 25.6 Å². The van der Waals surface area contributed by atoms with E-state index in [1.165, 1.54) is 7.11 Å². The fraction of sp³-hybridized carbons (Fsp3) is 1.00. The van der Waals surface area contributed by atoms with Crippen LogP contribution in [0.25, 0.3) is 0 Å². The molecule has 3 aliphatic rings. The maximum atomic E-state index is 10.8. The molecule has 236 valence electrons. The first-order valence-electron chi connectivity index (χ1n) is 13.7. The number of hydrogen-bond acceptors (Lipinski definition) is 15. The molecule has 0 bridgehead atoms. The van der Waals surface area contributed by atoms with Crippen molar-refractivity contribution in [3.8, 4) is 0 Å². The van der Waals surface area contributed by atoms with Gasteiger partial charge < -0.3 is 74.0 Å². The van der Waals surface area contributed by atoms with Crippen LogP contribution in [0.4, 0.5) is 0 Å². The summed E-state index contributed by atoms with van der Waals surface area (Å²) in [6.45, 7) is 0.871. The highest BCUT2D eigenvalue weighted by molar-refractivity contribution is 4.94. The van der Waals surface area contributed by atoms with Crippen molar-refractivity contribution in [2.45, 2.75) is 80.2 Å². The summed E-state index contributed by atoms with van der Waals surface area (Å²) < 4.78 is 38.8. The highest BCUT2D eigenvalue weighted by Gasteiger charge is 2.47. The average Bonchev–Trinajstić information content (AvgIpc) is 2.95. The van der Waals surface area contributed by atoms with E-state index < -0.39 is 91.7 Å². The number of rotatable bonds is 14. The molecule has 0 aliphatic carbocycles. The predicted molar refractivity (Wildman–Crippen MR) is 133 cm³/mol. The standard InChI is InChI=1S/C25H46O15/c1-3-37-16-11-38-14(4-26)12(20(16)28)6-35-9-18-22(30)21(29)13(15(5-27)39-18)7-36-10-19-24(32)25(33)23(31)17(40-19)8-34-2/h12-33H,3-11H2,1-2H3/t12-,13-,14?,15?,16?,17?,18-,19-,20-,21-,22?,23-,24?,25-/m1/s1. The van der Waals surface area contributed by atoms with Crippen molar-refractivity contribution in [2.75, 3.05) is 66.6 Å². The number of aliphatic hydroxyl groups is 8. The maximum Gasteiger partial charge on any atom is 0.111 e. The quantitative estimate of drug-likeness (QED) is 0.0958. The van der Waals surface area contributed by atoms with Gasteiger partial charge in [-0.1, -0.05) is 0 Å². The van der Waals surface area contributed by atoms with Crippen LogP contribution in [0.1, 0.15) is 6.92 Å². The van der Waals surface area contributed by atoms with E-state index in [0.29, 0.717) is 6.61 Å². The summed E-state index contributed by atoms with van der Waals surface area (Å²) in [5, 5.41) is 82.1. The van der Waals surface area contributed by atoms with Gasteiger partial charge in [-0.05, 0) is 6.92 Å². The highest BCUT2D eigenvalue weighted by atomic mass is 16.6. The van der Waals surface area contributed by atoms with Gasteiger partial charge in [-0.3, -0.25) is 0 Å². The number of aliphatic hydroxyl groups excluding tert-OH is 8. The molecular formula is C25H46O15. The summed E-state index contributed by atoms with van der Waals surface area (Å²) in [6.07, 6.45) is -13.0. The van der Waals surface area contributed by atoms with Crippen LogP contribution in [-0.2, 0) is 33.2 Å². The van der Waals surface area contributed by atoms with Crippen molar-refractivity contribution in [2.24, 2.45) is 11.8 Å². The third-order valence-electron chi connectivity index (χ3n) is 7.84. The van der Waals surface area contributed by atoms with Crippen LogP contribution in [0.3, 0.4) is 0 Å². The molecule has 3 saturated heterocycles. The van der Waals surface area contributed by atoms with Crippen LogP contribution < -0.4 is 0 Å². The summed E-state index contributed by atoms with van der Waals surface area (Å²) in [5.41, 5.74) is 0. The lowest BCUT2D eigenvalue weighted by molar-refractivity contribution is -0.251. The third kappa shape index (κ3) is 8.06. The summed E-state index contributed by atoms with van der Waals surface area (Å²) >= 11 is 0. The minimum Gasteiger partial charge on any atom is -0.394 e. The van der Waals surface area contributed by atoms with E-state index in [0.717, 1.165) is 0 Å². The van der Waals surface area contributed by atoms with Crippen molar-refractivity contribution in [1.29, 1.82) is 0 Å². The molecule has 15 nitrogen and oxygen atoms in total. The minimum absolute atomic E-state index is 0.0145.